The fraction of sp³-hybridized carbons (Fsp3) is 0.200. The molecule has 0 radical (unpaired) electrons. The maximum absolute atomic E-state index is 12.0. The van der Waals surface area contributed by atoms with Gasteiger partial charge in [-0.3, -0.25) is 4.79 Å². The number of pyridine rings is 1. The van der Waals surface area contributed by atoms with Crippen molar-refractivity contribution in [1.82, 2.24) is 4.98 Å². The molecular formula is C15H12N4OS2. The van der Waals surface area contributed by atoms with Crippen LogP contribution in [0.3, 0.4) is 0 Å². The number of nitrogens with one attached hydrogen (secondary N) is 1. The molecule has 0 fully saturated rings. The highest BCUT2D eigenvalue weighted by Gasteiger charge is 2.13. The molecule has 0 atom stereocenters. The minimum Gasteiger partial charge on any atom is -0.316 e. The van der Waals surface area contributed by atoms with Crippen molar-refractivity contribution < 1.29 is 4.79 Å². The monoisotopic (exact) mass is 328 g/mol. The van der Waals surface area contributed by atoms with E-state index in [9.17, 15) is 10.1 Å². The molecule has 0 unspecified atom stereocenters. The summed E-state index contributed by atoms with van der Waals surface area (Å²) < 4.78 is 0. The fourth-order valence-electron chi connectivity index (χ4n) is 1.83. The normalized spacial score (nSPS) is 9.82. The molecule has 2 rings (SSSR count). The quantitative estimate of drug-likeness (QED) is 0.870. The number of anilines is 1. The lowest BCUT2D eigenvalue weighted by Crippen LogP contribution is -2.14. The molecule has 0 spiro atoms. The summed E-state index contributed by atoms with van der Waals surface area (Å²) in [6, 6.07) is 7.64. The first-order chi connectivity index (χ1) is 10.5. The first-order valence-corrected chi connectivity index (χ1v) is 8.20. The van der Waals surface area contributed by atoms with Gasteiger partial charge in [0.25, 0.3) is 0 Å². The molecule has 5 nitrogen and oxygen atoms in total. The van der Waals surface area contributed by atoms with Crippen molar-refractivity contribution in [3.63, 3.8) is 0 Å². The number of carbonyl (C=O) groups excluding carboxylic acids is 1. The molecule has 2 heterocycles. The van der Waals surface area contributed by atoms with Gasteiger partial charge in [-0.2, -0.15) is 10.5 Å². The molecule has 0 aliphatic rings. The highest BCUT2D eigenvalue weighted by Crippen LogP contribution is 2.25. The van der Waals surface area contributed by atoms with Crippen LogP contribution >= 0.6 is 23.1 Å². The van der Waals surface area contributed by atoms with Gasteiger partial charge in [0.05, 0.1) is 16.9 Å². The van der Waals surface area contributed by atoms with Crippen molar-refractivity contribution in [2.75, 3.05) is 11.1 Å². The molecule has 0 aliphatic carbocycles. The third-order valence-electron chi connectivity index (χ3n) is 2.80. The zero-order valence-electron chi connectivity index (χ0n) is 12.0. The van der Waals surface area contributed by atoms with E-state index in [1.165, 1.54) is 23.1 Å². The zero-order valence-corrected chi connectivity index (χ0v) is 13.6. The van der Waals surface area contributed by atoms with Gasteiger partial charge in [0.1, 0.15) is 22.2 Å². The maximum atomic E-state index is 12.0. The molecule has 0 aliphatic heterocycles. The SMILES string of the molecule is Cc1cc(C)c(C#N)c(SCC(=O)Nc2sccc2C#N)n1. The van der Waals surface area contributed by atoms with E-state index < -0.39 is 0 Å². The molecule has 22 heavy (non-hydrogen) atoms. The van der Waals surface area contributed by atoms with Crippen LogP contribution in [-0.2, 0) is 4.79 Å². The Hall–Kier alpha value is -2.35. The van der Waals surface area contributed by atoms with Gasteiger partial charge in [-0.05, 0) is 36.9 Å². The second kappa shape index (κ2) is 7.08. The van der Waals surface area contributed by atoms with Gasteiger partial charge in [0, 0.05) is 5.69 Å². The Morgan fingerprint density at radius 1 is 1.41 bits per heavy atom. The number of amides is 1. The average molecular weight is 328 g/mol. The summed E-state index contributed by atoms with van der Waals surface area (Å²) in [6.45, 7) is 3.70. The van der Waals surface area contributed by atoms with Crippen molar-refractivity contribution in [3.05, 3.63) is 39.9 Å². The Bertz CT molecular complexity index is 799. The van der Waals surface area contributed by atoms with E-state index >= 15 is 0 Å². The molecule has 7 heteroatoms. The lowest BCUT2D eigenvalue weighted by Gasteiger charge is -2.07. The number of nitrogens with zero attached hydrogens (tertiary/aromatic N) is 3. The Labute approximate surface area is 136 Å². The summed E-state index contributed by atoms with van der Waals surface area (Å²) in [7, 11) is 0. The van der Waals surface area contributed by atoms with Gasteiger partial charge < -0.3 is 5.32 Å². The minimum atomic E-state index is -0.228. The van der Waals surface area contributed by atoms with Gasteiger partial charge >= 0.3 is 0 Å². The number of thiophene rings is 1. The van der Waals surface area contributed by atoms with E-state index in [2.05, 4.69) is 16.4 Å². The number of carbonyl (C=O) groups is 1. The minimum absolute atomic E-state index is 0.132. The molecule has 0 aromatic carbocycles. The Balaban J connectivity index is 2.06. The van der Waals surface area contributed by atoms with E-state index in [1.54, 1.807) is 11.4 Å². The van der Waals surface area contributed by atoms with E-state index in [4.69, 9.17) is 5.26 Å². The van der Waals surface area contributed by atoms with Crippen LogP contribution in [-0.4, -0.2) is 16.6 Å². The van der Waals surface area contributed by atoms with Crippen LogP contribution < -0.4 is 5.32 Å². The first-order valence-electron chi connectivity index (χ1n) is 6.33. The number of thioether (sulfide) groups is 1. The number of rotatable bonds is 4. The molecule has 0 saturated carbocycles. The third-order valence-corrected chi connectivity index (χ3v) is 4.61. The van der Waals surface area contributed by atoms with Gasteiger partial charge in [-0.25, -0.2) is 4.98 Å². The summed E-state index contributed by atoms with van der Waals surface area (Å²) in [5, 5.41) is 23.7. The summed E-state index contributed by atoms with van der Waals surface area (Å²) >= 11 is 2.52. The predicted molar refractivity (Wildman–Crippen MR) is 86.8 cm³/mol. The largest absolute Gasteiger partial charge is 0.316 e. The van der Waals surface area contributed by atoms with Crippen molar-refractivity contribution in [1.29, 1.82) is 10.5 Å². The van der Waals surface area contributed by atoms with Crippen LogP contribution in [0.1, 0.15) is 22.4 Å². The number of aromatic nitrogens is 1. The van der Waals surface area contributed by atoms with Crippen LogP contribution in [0, 0.1) is 36.5 Å². The number of nitriles is 2. The maximum Gasteiger partial charge on any atom is 0.235 e. The molecule has 2 aromatic heterocycles. The van der Waals surface area contributed by atoms with Crippen molar-refractivity contribution in [3.8, 4) is 12.1 Å². The smallest absolute Gasteiger partial charge is 0.235 e. The van der Waals surface area contributed by atoms with Crippen LogP contribution in [0.5, 0.6) is 0 Å². The third kappa shape index (κ3) is 3.64. The summed E-state index contributed by atoms with van der Waals surface area (Å²) in [6.07, 6.45) is 0. The van der Waals surface area contributed by atoms with Crippen molar-refractivity contribution in [2.45, 2.75) is 18.9 Å². The van der Waals surface area contributed by atoms with Crippen LogP contribution in [0.4, 0.5) is 5.00 Å². The number of aryl methyl sites for hydroxylation is 2. The molecule has 2 aromatic rings. The molecule has 0 saturated heterocycles. The Morgan fingerprint density at radius 2 is 2.18 bits per heavy atom. The standard InChI is InChI=1S/C15H12N4OS2/c1-9-5-10(2)18-15(12(9)7-17)22-8-13(20)19-14-11(6-16)3-4-21-14/h3-5H,8H2,1-2H3,(H,19,20). The van der Waals surface area contributed by atoms with Crippen LogP contribution in [0.25, 0.3) is 0 Å². The fourth-order valence-corrected chi connectivity index (χ4v) is 3.49. The van der Waals surface area contributed by atoms with E-state index in [0.717, 1.165) is 11.3 Å². The molecular weight excluding hydrogens is 316 g/mol. The topological polar surface area (TPSA) is 89.6 Å². The second-order valence-corrected chi connectivity index (χ2v) is 6.36. The molecule has 1 N–H and O–H groups in total. The second-order valence-electron chi connectivity index (χ2n) is 4.48. The Morgan fingerprint density at radius 3 is 2.86 bits per heavy atom. The first kappa shape index (κ1) is 16.0. The predicted octanol–water partition coefficient (Wildman–Crippen LogP) is 3.23. The Kier molecular flexibility index (Phi) is 5.16. The summed E-state index contributed by atoms with van der Waals surface area (Å²) in [4.78, 5) is 16.3. The summed E-state index contributed by atoms with van der Waals surface area (Å²) in [5.74, 6) is -0.0957. The van der Waals surface area contributed by atoms with Gasteiger partial charge in [0.2, 0.25) is 5.91 Å². The van der Waals surface area contributed by atoms with Crippen LogP contribution in [0.2, 0.25) is 0 Å². The number of hydrogen-bond acceptors (Lipinski definition) is 6. The molecule has 0 bridgehead atoms. The van der Waals surface area contributed by atoms with Gasteiger partial charge in [-0.15, -0.1) is 11.3 Å². The van der Waals surface area contributed by atoms with Crippen molar-refractivity contribution in [2.24, 2.45) is 0 Å². The highest BCUT2D eigenvalue weighted by atomic mass is 32.2. The lowest BCUT2D eigenvalue weighted by atomic mass is 10.1. The van der Waals surface area contributed by atoms with Gasteiger partial charge in [-0.1, -0.05) is 11.8 Å². The zero-order chi connectivity index (χ0) is 16.1. The van der Waals surface area contributed by atoms with Crippen molar-refractivity contribution >= 4 is 34.0 Å². The number of hydrogen-bond donors (Lipinski definition) is 1. The average Bonchev–Trinajstić information content (AvgIpc) is 2.91. The molecule has 110 valence electrons. The van der Waals surface area contributed by atoms with Gasteiger partial charge in [0.15, 0.2) is 0 Å². The summed E-state index contributed by atoms with van der Waals surface area (Å²) in [5.41, 5.74) is 2.61. The van der Waals surface area contributed by atoms with E-state index in [0.29, 0.717) is 21.2 Å². The van der Waals surface area contributed by atoms with Crippen LogP contribution in [0.15, 0.2) is 22.5 Å². The van der Waals surface area contributed by atoms with E-state index in [1.807, 2.05) is 26.0 Å². The van der Waals surface area contributed by atoms with E-state index in [-0.39, 0.29) is 11.7 Å². The lowest BCUT2D eigenvalue weighted by molar-refractivity contribution is -0.113. The molecule has 1 amide bonds. The highest BCUT2D eigenvalue weighted by molar-refractivity contribution is 8.00.